The van der Waals surface area contributed by atoms with Gasteiger partial charge in [-0.05, 0) is 26.0 Å². The molecule has 0 aliphatic carbocycles. The number of pyridine rings is 1. The predicted molar refractivity (Wildman–Crippen MR) is 109 cm³/mol. The van der Waals surface area contributed by atoms with Gasteiger partial charge in [0.15, 0.2) is 5.75 Å². The lowest BCUT2D eigenvalue weighted by Crippen LogP contribution is -2.10. The van der Waals surface area contributed by atoms with E-state index in [-0.39, 0.29) is 39.8 Å². The summed E-state index contributed by atoms with van der Waals surface area (Å²) in [5.74, 6) is 1.78. The van der Waals surface area contributed by atoms with Crippen molar-refractivity contribution in [2.45, 2.75) is 24.8 Å². The molecule has 0 spiro atoms. The quantitative estimate of drug-likeness (QED) is 0.478. The Hall–Kier alpha value is -1.56. The van der Waals surface area contributed by atoms with Crippen molar-refractivity contribution in [2.75, 3.05) is 14.2 Å². The summed E-state index contributed by atoms with van der Waals surface area (Å²) < 4.78 is 23.3. The van der Waals surface area contributed by atoms with Crippen molar-refractivity contribution in [2.24, 2.45) is 0 Å². The number of aromatic amines is 1. The lowest BCUT2D eigenvalue weighted by Gasteiger charge is -2.13. The van der Waals surface area contributed by atoms with Gasteiger partial charge >= 0.3 is 28.2 Å². The first kappa shape index (κ1) is 25.4. The molecular formula is C17H25MgN3O5S. The molecule has 8 nitrogen and oxygen atoms in total. The zero-order valence-electron chi connectivity index (χ0n) is 15.0. The van der Waals surface area contributed by atoms with Crippen LogP contribution < -0.4 is 9.47 Å². The van der Waals surface area contributed by atoms with Crippen molar-refractivity contribution >= 4 is 45.3 Å². The van der Waals surface area contributed by atoms with Gasteiger partial charge in [0, 0.05) is 34.6 Å². The van der Waals surface area contributed by atoms with Crippen LogP contribution in [-0.4, -0.2) is 67.7 Å². The summed E-state index contributed by atoms with van der Waals surface area (Å²) in [6.07, 6.45) is 1.74. The minimum atomic E-state index is -1.33. The maximum atomic E-state index is 12.7. The summed E-state index contributed by atoms with van der Waals surface area (Å²) in [4.78, 5) is 11.9. The zero-order valence-corrected chi connectivity index (χ0v) is 15.9. The molecule has 1 aromatic carbocycles. The molecule has 27 heavy (non-hydrogen) atoms. The standard InChI is InChI=1S/C17H19N3O3S.Mg.2H2O.2H/c1-10-8-18-15(11(2)16(10)23-4)9-24(21)17-19-13-6-5-12(22-3)7-14(13)20-17;;;;;/h5-8H,9H2,1-4H3,(H,19,20);;2*1H2;;. The Balaban J connectivity index is 0.00000225. The van der Waals surface area contributed by atoms with Crippen molar-refractivity contribution in [1.29, 1.82) is 0 Å². The molecule has 2 heterocycles. The van der Waals surface area contributed by atoms with Crippen LogP contribution in [0.2, 0.25) is 0 Å². The van der Waals surface area contributed by atoms with E-state index in [4.69, 9.17) is 9.47 Å². The molecule has 0 aliphatic heterocycles. The van der Waals surface area contributed by atoms with E-state index in [0.717, 1.165) is 33.6 Å². The Morgan fingerprint density at radius 1 is 1.15 bits per heavy atom. The first-order valence-electron chi connectivity index (χ1n) is 7.44. The molecule has 0 bridgehead atoms. The van der Waals surface area contributed by atoms with Crippen molar-refractivity contribution in [3.63, 3.8) is 0 Å². The smallest absolute Gasteiger partial charge is 0.322 e. The minimum Gasteiger partial charge on any atom is -0.609 e. The van der Waals surface area contributed by atoms with Gasteiger partial charge < -0.3 is 25.0 Å². The van der Waals surface area contributed by atoms with Gasteiger partial charge in [-0.2, -0.15) is 4.98 Å². The molecule has 0 saturated carbocycles. The van der Waals surface area contributed by atoms with Crippen LogP contribution in [0.15, 0.2) is 29.6 Å². The molecule has 0 radical (unpaired) electrons. The number of nitrogens with one attached hydrogen (secondary N) is 1. The van der Waals surface area contributed by atoms with Gasteiger partial charge in [0.25, 0.3) is 0 Å². The lowest BCUT2D eigenvalue weighted by atomic mass is 10.1. The van der Waals surface area contributed by atoms with Crippen molar-refractivity contribution in [3.8, 4) is 11.5 Å². The Bertz CT molecular complexity index is 890. The van der Waals surface area contributed by atoms with E-state index in [2.05, 4.69) is 15.0 Å². The van der Waals surface area contributed by atoms with Gasteiger partial charge in [0.2, 0.25) is 0 Å². The third-order valence-electron chi connectivity index (χ3n) is 3.90. The van der Waals surface area contributed by atoms with Crippen molar-refractivity contribution < 1.29 is 25.0 Å². The number of ether oxygens (including phenoxy) is 2. The number of H-pyrrole nitrogens is 1. The van der Waals surface area contributed by atoms with E-state index in [9.17, 15) is 4.55 Å². The number of fused-ring (bicyclic) bond motifs is 1. The minimum absolute atomic E-state index is 0. The largest absolute Gasteiger partial charge is 0.609 e. The summed E-state index contributed by atoms with van der Waals surface area (Å²) in [7, 11) is 3.23. The molecule has 0 amide bonds. The van der Waals surface area contributed by atoms with E-state index in [1.54, 1.807) is 20.4 Å². The fraction of sp³-hybridized carbons (Fsp3) is 0.294. The number of rotatable bonds is 5. The summed E-state index contributed by atoms with van der Waals surface area (Å²) >= 11 is -1.33. The molecule has 5 N–H and O–H groups in total. The van der Waals surface area contributed by atoms with E-state index in [0.29, 0.717) is 10.9 Å². The van der Waals surface area contributed by atoms with Crippen LogP contribution in [0.25, 0.3) is 11.0 Å². The highest BCUT2D eigenvalue weighted by molar-refractivity contribution is 7.90. The van der Waals surface area contributed by atoms with Gasteiger partial charge in [0.05, 0.1) is 30.9 Å². The summed E-state index contributed by atoms with van der Waals surface area (Å²) in [5, 5.41) is 0.430. The molecule has 146 valence electrons. The number of imidazole rings is 1. The summed E-state index contributed by atoms with van der Waals surface area (Å²) in [6.45, 7) is 3.86. The zero-order chi connectivity index (χ0) is 17.3. The number of nitrogens with zero attached hydrogens (tertiary/aromatic N) is 2. The Morgan fingerprint density at radius 3 is 2.48 bits per heavy atom. The number of benzene rings is 1. The molecule has 0 aliphatic rings. The van der Waals surface area contributed by atoms with Crippen LogP contribution in [0.1, 0.15) is 16.8 Å². The number of aromatic nitrogens is 3. The second kappa shape index (κ2) is 10.7. The van der Waals surface area contributed by atoms with Gasteiger partial charge in [-0.25, -0.2) is 0 Å². The van der Waals surface area contributed by atoms with Crippen LogP contribution in [0, 0.1) is 13.8 Å². The number of aryl methyl sites for hydroxylation is 1. The second-order valence-electron chi connectivity index (χ2n) is 5.46. The van der Waals surface area contributed by atoms with Gasteiger partial charge in [0.1, 0.15) is 11.5 Å². The normalized spacial score (nSPS) is 11.0. The lowest BCUT2D eigenvalue weighted by molar-refractivity contribution is 0.407. The van der Waals surface area contributed by atoms with Crippen LogP contribution >= 0.6 is 0 Å². The highest BCUT2D eigenvalue weighted by Gasteiger charge is 2.21. The van der Waals surface area contributed by atoms with Crippen LogP contribution in [0.5, 0.6) is 11.5 Å². The molecule has 1 atom stereocenters. The van der Waals surface area contributed by atoms with Crippen LogP contribution in [-0.2, 0) is 16.9 Å². The van der Waals surface area contributed by atoms with Crippen molar-refractivity contribution in [3.05, 3.63) is 41.2 Å². The topological polar surface area (TPSA) is 146 Å². The highest BCUT2D eigenvalue weighted by Crippen LogP contribution is 2.27. The molecule has 1 unspecified atom stereocenters. The van der Waals surface area contributed by atoms with Crippen LogP contribution in [0.4, 0.5) is 0 Å². The molecule has 0 saturated heterocycles. The van der Waals surface area contributed by atoms with E-state index >= 15 is 0 Å². The van der Waals surface area contributed by atoms with E-state index in [1.165, 1.54) is 0 Å². The maximum absolute atomic E-state index is 12.7. The van der Waals surface area contributed by atoms with Crippen LogP contribution in [0.3, 0.4) is 0 Å². The average Bonchev–Trinajstić information content (AvgIpc) is 3.01. The summed E-state index contributed by atoms with van der Waals surface area (Å²) in [5.41, 5.74) is 4.16. The highest BCUT2D eigenvalue weighted by atomic mass is 32.2. The SMILES string of the molecule is COc1ccc2[nH]c([S+]([O-])Cc3ncc(C)c(OC)c3C)nc2c1.O.O.[MgH2]. The van der Waals surface area contributed by atoms with Gasteiger partial charge in [-0.1, -0.05) is 0 Å². The maximum Gasteiger partial charge on any atom is 0.322 e. The average molecular weight is 408 g/mol. The monoisotopic (exact) mass is 407 g/mol. The number of methoxy groups -OCH3 is 2. The van der Waals surface area contributed by atoms with Crippen molar-refractivity contribution in [1.82, 2.24) is 15.0 Å². The first-order chi connectivity index (χ1) is 11.5. The molecule has 3 aromatic rings. The molecule has 2 aromatic heterocycles. The summed E-state index contributed by atoms with van der Waals surface area (Å²) in [6, 6.07) is 5.51. The Labute approximate surface area is 176 Å². The predicted octanol–water partition coefficient (Wildman–Crippen LogP) is 0.334. The Morgan fingerprint density at radius 2 is 1.85 bits per heavy atom. The fourth-order valence-corrected chi connectivity index (χ4v) is 3.71. The Kier molecular flexibility index (Phi) is 10.1. The molecule has 3 rings (SSSR count). The molecule has 0 fully saturated rings. The fourth-order valence-electron chi connectivity index (χ4n) is 2.61. The third-order valence-corrected chi connectivity index (χ3v) is 5.06. The van der Waals surface area contributed by atoms with Gasteiger partial charge in [-0.3, -0.25) is 9.97 Å². The third kappa shape index (κ3) is 5.24. The number of hydrogen-bond acceptors (Lipinski definition) is 5. The number of hydrogen-bond donors (Lipinski definition) is 1. The van der Waals surface area contributed by atoms with Gasteiger partial charge in [-0.15, -0.1) is 0 Å². The second-order valence-corrected chi connectivity index (χ2v) is 6.83. The van der Waals surface area contributed by atoms with E-state index in [1.807, 2.05) is 32.0 Å². The molecular weight excluding hydrogens is 383 g/mol. The van der Waals surface area contributed by atoms with E-state index < -0.39 is 11.2 Å². The first-order valence-corrected chi connectivity index (χ1v) is 8.76. The molecule has 10 heteroatoms.